The largest absolute Gasteiger partial charge is 0.494 e. The topological polar surface area (TPSA) is 136 Å². The maximum absolute atomic E-state index is 13.3. The minimum absolute atomic E-state index is 0.157. The van der Waals surface area contributed by atoms with Crippen LogP contribution in [-0.4, -0.2) is 70.7 Å². The third-order valence-corrected chi connectivity index (χ3v) is 6.33. The monoisotopic (exact) mass is 562 g/mol. The van der Waals surface area contributed by atoms with Crippen LogP contribution in [-0.2, 0) is 6.54 Å². The highest BCUT2D eigenvalue weighted by Crippen LogP contribution is 2.22. The average Bonchev–Trinajstić information content (AvgIpc) is 2.96. The molecule has 11 heteroatoms. The SMILES string of the molecule is CCOc1cccc(NC(=O)N(CCCN(CC)CC)Cc2ccc(C(=O)Nc3ccccc3NC(=O)O)nc2)c1. The van der Waals surface area contributed by atoms with Gasteiger partial charge in [-0.15, -0.1) is 0 Å². The number of carboxylic acid groups (broad SMARTS) is 1. The Kier molecular flexibility index (Phi) is 11.9. The van der Waals surface area contributed by atoms with Gasteiger partial charge in [0.25, 0.3) is 5.91 Å². The smallest absolute Gasteiger partial charge is 0.409 e. The van der Waals surface area contributed by atoms with Gasteiger partial charge in [-0.2, -0.15) is 0 Å². The number of carbonyl (C=O) groups is 3. The highest BCUT2D eigenvalue weighted by molar-refractivity contribution is 6.05. The fraction of sp³-hybridized carbons (Fsp3) is 0.333. The predicted molar refractivity (Wildman–Crippen MR) is 160 cm³/mol. The second kappa shape index (κ2) is 15.8. The van der Waals surface area contributed by atoms with Crippen molar-refractivity contribution in [3.05, 3.63) is 78.1 Å². The molecule has 0 saturated heterocycles. The van der Waals surface area contributed by atoms with E-state index in [2.05, 4.69) is 39.7 Å². The Bertz CT molecular complexity index is 1300. The van der Waals surface area contributed by atoms with Crippen LogP contribution in [0.15, 0.2) is 66.9 Å². The number of hydrogen-bond donors (Lipinski definition) is 4. The maximum Gasteiger partial charge on any atom is 0.409 e. The summed E-state index contributed by atoms with van der Waals surface area (Å²) in [4.78, 5) is 45.5. The van der Waals surface area contributed by atoms with Crippen molar-refractivity contribution in [2.45, 2.75) is 33.7 Å². The zero-order valence-electron chi connectivity index (χ0n) is 23.7. The lowest BCUT2D eigenvalue weighted by Gasteiger charge is -2.25. The van der Waals surface area contributed by atoms with E-state index in [-0.39, 0.29) is 17.4 Å². The van der Waals surface area contributed by atoms with E-state index in [1.54, 1.807) is 53.6 Å². The van der Waals surface area contributed by atoms with Gasteiger partial charge in [0.2, 0.25) is 0 Å². The number of urea groups is 1. The molecule has 0 atom stereocenters. The molecule has 0 spiro atoms. The summed E-state index contributed by atoms with van der Waals surface area (Å²) in [5.74, 6) is 0.192. The van der Waals surface area contributed by atoms with Crippen molar-refractivity contribution in [1.82, 2.24) is 14.8 Å². The van der Waals surface area contributed by atoms with Gasteiger partial charge in [-0.25, -0.2) is 9.59 Å². The van der Waals surface area contributed by atoms with Crippen molar-refractivity contribution < 1.29 is 24.2 Å². The molecule has 1 aromatic heterocycles. The fourth-order valence-electron chi connectivity index (χ4n) is 4.19. The molecule has 0 unspecified atom stereocenters. The molecule has 4 N–H and O–H groups in total. The number of anilines is 3. The summed E-state index contributed by atoms with van der Waals surface area (Å²) in [6.45, 7) is 10.2. The quantitative estimate of drug-likeness (QED) is 0.201. The third kappa shape index (κ3) is 9.80. The normalized spacial score (nSPS) is 10.6. The molecule has 0 bridgehead atoms. The van der Waals surface area contributed by atoms with Crippen LogP contribution in [0.2, 0.25) is 0 Å². The summed E-state index contributed by atoms with van der Waals surface area (Å²) >= 11 is 0. The molecule has 41 heavy (non-hydrogen) atoms. The molecule has 0 radical (unpaired) electrons. The molecule has 1 heterocycles. The van der Waals surface area contributed by atoms with Crippen LogP contribution in [0.4, 0.5) is 26.7 Å². The van der Waals surface area contributed by atoms with Crippen LogP contribution in [0, 0.1) is 0 Å². The molecule has 0 saturated carbocycles. The van der Waals surface area contributed by atoms with E-state index in [9.17, 15) is 14.4 Å². The average molecular weight is 563 g/mol. The first-order valence-corrected chi connectivity index (χ1v) is 13.7. The lowest BCUT2D eigenvalue weighted by Crippen LogP contribution is -2.37. The summed E-state index contributed by atoms with van der Waals surface area (Å²) in [6.07, 6.45) is 1.13. The molecule has 2 aromatic carbocycles. The van der Waals surface area contributed by atoms with Gasteiger partial charge in [-0.3, -0.25) is 15.1 Å². The molecular weight excluding hydrogens is 524 g/mol. The standard InChI is InChI=1S/C30H38N6O5/c1-4-35(5-2)17-10-18-36(29(38)32-23-11-9-12-24(19-23)41-6-3)21-22-15-16-27(31-20-22)28(37)33-25-13-7-8-14-26(25)34-30(39)40/h7-9,11-16,19-20,34H,4-6,10,17-18,21H2,1-3H3,(H,32,38)(H,33,37)(H,39,40). The first-order valence-electron chi connectivity index (χ1n) is 13.7. The number of benzene rings is 2. The highest BCUT2D eigenvalue weighted by Gasteiger charge is 2.17. The molecule has 218 valence electrons. The lowest BCUT2D eigenvalue weighted by molar-refractivity contribution is 0.102. The van der Waals surface area contributed by atoms with E-state index >= 15 is 0 Å². The van der Waals surface area contributed by atoms with Crippen molar-refractivity contribution in [2.24, 2.45) is 0 Å². The zero-order chi connectivity index (χ0) is 29.6. The molecule has 0 aliphatic heterocycles. The van der Waals surface area contributed by atoms with Crippen LogP contribution in [0.25, 0.3) is 0 Å². The summed E-state index contributed by atoms with van der Waals surface area (Å²) < 4.78 is 5.55. The van der Waals surface area contributed by atoms with E-state index in [1.807, 2.05) is 25.1 Å². The number of amides is 4. The molecular formula is C30H38N6O5. The summed E-state index contributed by atoms with van der Waals surface area (Å²) in [5, 5.41) is 16.9. The number of rotatable bonds is 14. The second-order valence-electron chi connectivity index (χ2n) is 9.17. The molecule has 0 fully saturated rings. The van der Waals surface area contributed by atoms with Crippen LogP contribution in [0.1, 0.15) is 43.2 Å². The Morgan fingerprint density at radius 3 is 2.24 bits per heavy atom. The van der Waals surface area contributed by atoms with Crippen LogP contribution in [0.3, 0.4) is 0 Å². The second-order valence-corrected chi connectivity index (χ2v) is 9.17. The van der Waals surface area contributed by atoms with Crippen molar-refractivity contribution >= 4 is 35.1 Å². The van der Waals surface area contributed by atoms with Crippen molar-refractivity contribution in [1.29, 1.82) is 0 Å². The minimum Gasteiger partial charge on any atom is -0.494 e. The fourth-order valence-corrected chi connectivity index (χ4v) is 4.19. The Balaban J connectivity index is 1.70. The van der Waals surface area contributed by atoms with E-state index in [4.69, 9.17) is 9.84 Å². The van der Waals surface area contributed by atoms with E-state index in [1.165, 1.54) is 0 Å². The number of para-hydroxylation sites is 2. The van der Waals surface area contributed by atoms with Gasteiger partial charge in [-0.05, 0) is 68.9 Å². The predicted octanol–water partition coefficient (Wildman–Crippen LogP) is 5.59. The first-order chi connectivity index (χ1) is 19.8. The molecule has 0 aliphatic rings. The highest BCUT2D eigenvalue weighted by atomic mass is 16.5. The minimum atomic E-state index is -1.23. The Hall–Kier alpha value is -4.64. The summed E-state index contributed by atoms with van der Waals surface area (Å²) in [6, 6.07) is 16.8. The van der Waals surface area contributed by atoms with Gasteiger partial charge in [0, 0.05) is 31.0 Å². The van der Waals surface area contributed by atoms with Gasteiger partial charge in [0.05, 0.1) is 18.0 Å². The van der Waals surface area contributed by atoms with Crippen LogP contribution in [0.5, 0.6) is 5.75 Å². The molecule has 0 aliphatic carbocycles. The number of aromatic nitrogens is 1. The van der Waals surface area contributed by atoms with Gasteiger partial charge in [0.1, 0.15) is 11.4 Å². The number of carbonyl (C=O) groups excluding carboxylic acids is 2. The first kappa shape index (κ1) is 30.9. The molecule has 11 nitrogen and oxygen atoms in total. The third-order valence-electron chi connectivity index (χ3n) is 6.33. The number of pyridine rings is 1. The summed E-state index contributed by atoms with van der Waals surface area (Å²) in [7, 11) is 0. The Morgan fingerprint density at radius 2 is 1.61 bits per heavy atom. The van der Waals surface area contributed by atoms with Crippen molar-refractivity contribution in [3.63, 3.8) is 0 Å². The van der Waals surface area contributed by atoms with Gasteiger partial charge in [-0.1, -0.05) is 38.1 Å². The molecule has 3 rings (SSSR count). The number of nitrogens with zero attached hydrogens (tertiary/aromatic N) is 3. The molecule has 3 aromatic rings. The van der Waals surface area contributed by atoms with Crippen molar-refractivity contribution in [3.8, 4) is 5.75 Å². The Labute approximate surface area is 240 Å². The van der Waals surface area contributed by atoms with Gasteiger partial charge in [0.15, 0.2) is 0 Å². The van der Waals surface area contributed by atoms with E-state index in [0.717, 1.165) is 31.6 Å². The lowest BCUT2D eigenvalue weighted by atomic mass is 10.2. The molecule has 4 amide bonds. The zero-order valence-corrected chi connectivity index (χ0v) is 23.7. The maximum atomic E-state index is 13.3. The Morgan fingerprint density at radius 1 is 0.878 bits per heavy atom. The van der Waals surface area contributed by atoms with E-state index < -0.39 is 12.0 Å². The van der Waals surface area contributed by atoms with Crippen LogP contribution >= 0.6 is 0 Å². The van der Waals surface area contributed by atoms with Crippen LogP contribution < -0.4 is 20.7 Å². The number of hydrogen-bond acceptors (Lipinski definition) is 6. The van der Waals surface area contributed by atoms with E-state index in [0.29, 0.717) is 36.8 Å². The number of ether oxygens (including phenoxy) is 1. The van der Waals surface area contributed by atoms with Gasteiger partial charge >= 0.3 is 12.1 Å². The van der Waals surface area contributed by atoms with Gasteiger partial charge < -0.3 is 30.3 Å². The van der Waals surface area contributed by atoms with Crippen molar-refractivity contribution in [2.75, 3.05) is 48.7 Å². The number of nitrogens with one attached hydrogen (secondary N) is 3. The summed E-state index contributed by atoms with van der Waals surface area (Å²) in [5.41, 5.74) is 2.12.